The number of sulfonamides is 1. The van der Waals surface area contributed by atoms with Gasteiger partial charge < -0.3 is 5.32 Å². The molecule has 0 saturated heterocycles. The number of likely N-dealkylation sites (N-methyl/N-ethyl adjacent to an activating group) is 1. The number of nitrogens with zero attached hydrogens (tertiary/aromatic N) is 1. The lowest BCUT2D eigenvalue weighted by atomic mass is 10.2. The standard InChI is InChI=1S/C16H15Cl2FN2O3S/c1-20-16(22)10-21(9-13-14(18)3-2-4-15(13)19)25(23,24)12-7-5-11(17)6-8-12/h2-8H,9-10H2,1H3,(H,20,22). The molecule has 0 radical (unpaired) electrons. The maximum atomic E-state index is 14.0. The summed E-state index contributed by atoms with van der Waals surface area (Å²) in [5, 5.41) is 2.80. The van der Waals surface area contributed by atoms with Crippen molar-refractivity contribution >= 4 is 39.1 Å². The van der Waals surface area contributed by atoms with E-state index in [2.05, 4.69) is 5.32 Å². The summed E-state index contributed by atoms with van der Waals surface area (Å²) < 4.78 is 40.6. The Morgan fingerprint density at radius 2 is 1.80 bits per heavy atom. The van der Waals surface area contributed by atoms with Crippen LogP contribution in [0.5, 0.6) is 0 Å². The molecule has 0 saturated carbocycles. The van der Waals surface area contributed by atoms with Crippen LogP contribution in [-0.2, 0) is 21.4 Å². The molecule has 2 rings (SSSR count). The molecule has 0 fully saturated rings. The van der Waals surface area contributed by atoms with Crippen molar-refractivity contribution in [1.82, 2.24) is 9.62 Å². The van der Waals surface area contributed by atoms with E-state index in [1.54, 1.807) is 0 Å². The summed E-state index contributed by atoms with van der Waals surface area (Å²) in [7, 11) is -2.69. The first-order chi connectivity index (χ1) is 11.8. The van der Waals surface area contributed by atoms with E-state index < -0.39 is 28.3 Å². The highest BCUT2D eigenvalue weighted by molar-refractivity contribution is 7.89. The second-order valence-electron chi connectivity index (χ2n) is 5.10. The van der Waals surface area contributed by atoms with Crippen molar-refractivity contribution in [3.05, 3.63) is 63.9 Å². The average Bonchev–Trinajstić information content (AvgIpc) is 2.57. The summed E-state index contributed by atoms with van der Waals surface area (Å²) >= 11 is 11.8. The van der Waals surface area contributed by atoms with E-state index in [0.29, 0.717) is 5.02 Å². The number of rotatable bonds is 6. The molecule has 5 nitrogen and oxygen atoms in total. The van der Waals surface area contributed by atoms with Crippen molar-refractivity contribution in [1.29, 1.82) is 0 Å². The number of carbonyl (C=O) groups is 1. The van der Waals surface area contributed by atoms with Gasteiger partial charge in [-0.05, 0) is 36.4 Å². The average molecular weight is 405 g/mol. The van der Waals surface area contributed by atoms with Crippen LogP contribution in [0.2, 0.25) is 10.0 Å². The van der Waals surface area contributed by atoms with Crippen LogP contribution in [-0.4, -0.2) is 32.2 Å². The minimum absolute atomic E-state index is 0.00870. The lowest BCUT2D eigenvalue weighted by molar-refractivity contribution is -0.120. The van der Waals surface area contributed by atoms with Crippen molar-refractivity contribution in [2.24, 2.45) is 0 Å². The van der Waals surface area contributed by atoms with Crippen LogP contribution in [0, 0.1) is 5.82 Å². The fraction of sp³-hybridized carbons (Fsp3) is 0.188. The molecule has 1 N–H and O–H groups in total. The van der Waals surface area contributed by atoms with Gasteiger partial charge in [0.25, 0.3) is 0 Å². The van der Waals surface area contributed by atoms with Crippen LogP contribution < -0.4 is 5.32 Å². The SMILES string of the molecule is CNC(=O)CN(Cc1c(F)cccc1Cl)S(=O)(=O)c1ccc(Cl)cc1. The van der Waals surface area contributed by atoms with Gasteiger partial charge in [0.1, 0.15) is 5.82 Å². The van der Waals surface area contributed by atoms with Gasteiger partial charge in [-0.2, -0.15) is 4.31 Å². The van der Waals surface area contributed by atoms with E-state index in [0.717, 1.165) is 4.31 Å². The molecule has 0 heterocycles. The monoisotopic (exact) mass is 404 g/mol. The molecule has 0 aliphatic carbocycles. The third-order valence-electron chi connectivity index (χ3n) is 3.45. The smallest absolute Gasteiger partial charge is 0.243 e. The second kappa shape index (κ2) is 8.14. The van der Waals surface area contributed by atoms with Gasteiger partial charge in [0.15, 0.2) is 0 Å². The minimum Gasteiger partial charge on any atom is -0.358 e. The first kappa shape index (κ1) is 19.7. The molecule has 0 unspecified atom stereocenters. The van der Waals surface area contributed by atoms with Crippen molar-refractivity contribution in [2.75, 3.05) is 13.6 Å². The minimum atomic E-state index is -4.07. The van der Waals surface area contributed by atoms with Crippen molar-refractivity contribution < 1.29 is 17.6 Å². The van der Waals surface area contributed by atoms with Crippen LogP contribution in [0.3, 0.4) is 0 Å². The van der Waals surface area contributed by atoms with Crippen LogP contribution in [0.4, 0.5) is 4.39 Å². The summed E-state index contributed by atoms with van der Waals surface area (Å²) in [6.45, 7) is -0.865. The molecule has 134 valence electrons. The molecule has 0 spiro atoms. The predicted molar refractivity (Wildman–Crippen MR) is 94.5 cm³/mol. The third kappa shape index (κ3) is 4.70. The predicted octanol–water partition coefficient (Wildman–Crippen LogP) is 3.07. The van der Waals surface area contributed by atoms with Crippen molar-refractivity contribution in [3.8, 4) is 0 Å². The molecule has 0 aliphatic rings. The summed E-state index contributed by atoms with van der Waals surface area (Å²) in [6.07, 6.45) is 0. The molecule has 0 aliphatic heterocycles. The fourth-order valence-corrected chi connectivity index (χ4v) is 3.79. The Balaban J connectivity index is 2.45. The second-order valence-corrected chi connectivity index (χ2v) is 7.88. The number of amides is 1. The zero-order chi connectivity index (χ0) is 18.6. The summed E-state index contributed by atoms with van der Waals surface area (Å²) in [4.78, 5) is 11.7. The van der Waals surface area contributed by atoms with Crippen molar-refractivity contribution in [2.45, 2.75) is 11.4 Å². The van der Waals surface area contributed by atoms with Crippen LogP contribution >= 0.6 is 23.2 Å². The highest BCUT2D eigenvalue weighted by Crippen LogP contribution is 2.25. The molecule has 2 aromatic carbocycles. The molecule has 2 aromatic rings. The Hall–Kier alpha value is -1.67. The van der Waals surface area contributed by atoms with Gasteiger partial charge in [-0.15, -0.1) is 0 Å². The molecule has 0 bridgehead atoms. The summed E-state index contributed by atoms with van der Waals surface area (Å²) in [5.74, 6) is -1.19. The van der Waals surface area contributed by atoms with Crippen LogP contribution in [0.25, 0.3) is 0 Å². The molecule has 0 atom stereocenters. The van der Waals surface area contributed by atoms with E-state index in [9.17, 15) is 17.6 Å². The first-order valence-corrected chi connectivity index (χ1v) is 9.34. The van der Waals surface area contributed by atoms with Gasteiger partial charge in [0, 0.05) is 29.2 Å². The Kier molecular flexibility index (Phi) is 6.40. The first-order valence-electron chi connectivity index (χ1n) is 7.15. The number of hydrogen-bond acceptors (Lipinski definition) is 3. The van der Waals surface area contributed by atoms with Gasteiger partial charge in [-0.3, -0.25) is 4.79 Å². The lowest BCUT2D eigenvalue weighted by Crippen LogP contribution is -2.39. The Labute approximate surface area is 155 Å². The number of nitrogens with one attached hydrogen (secondary N) is 1. The van der Waals surface area contributed by atoms with E-state index >= 15 is 0 Å². The van der Waals surface area contributed by atoms with Crippen LogP contribution in [0.1, 0.15) is 5.56 Å². The van der Waals surface area contributed by atoms with E-state index in [4.69, 9.17) is 23.2 Å². The quantitative estimate of drug-likeness (QED) is 0.804. The Bertz CT molecular complexity index is 853. The van der Waals surface area contributed by atoms with Gasteiger partial charge in [0.05, 0.1) is 11.4 Å². The number of carbonyl (C=O) groups excluding carboxylic acids is 1. The molecular weight excluding hydrogens is 390 g/mol. The topological polar surface area (TPSA) is 66.5 Å². The molecule has 9 heteroatoms. The van der Waals surface area contributed by atoms with E-state index in [-0.39, 0.29) is 22.0 Å². The molecular formula is C16H15Cl2FN2O3S. The lowest BCUT2D eigenvalue weighted by Gasteiger charge is -2.22. The van der Waals surface area contributed by atoms with Gasteiger partial charge in [0.2, 0.25) is 15.9 Å². The number of halogens is 3. The normalized spacial score (nSPS) is 11.6. The van der Waals surface area contributed by atoms with Gasteiger partial charge in [-0.1, -0.05) is 29.3 Å². The largest absolute Gasteiger partial charge is 0.358 e. The third-order valence-corrected chi connectivity index (χ3v) is 5.86. The molecule has 1 amide bonds. The van der Waals surface area contributed by atoms with Crippen molar-refractivity contribution in [3.63, 3.8) is 0 Å². The van der Waals surface area contributed by atoms with Crippen LogP contribution in [0.15, 0.2) is 47.4 Å². The Morgan fingerprint density at radius 3 is 2.36 bits per heavy atom. The maximum absolute atomic E-state index is 14.0. The summed E-state index contributed by atoms with van der Waals surface area (Å²) in [5.41, 5.74) is -0.00870. The Morgan fingerprint density at radius 1 is 1.16 bits per heavy atom. The number of benzene rings is 2. The molecule has 0 aromatic heterocycles. The van der Waals surface area contributed by atoms with E-state index in [1.807, 2.05) is 0 Å². The van der Waals surface area contributed by atoms with E-state index in [1.165, 1.54) is 49.5 Å². The maximum Gasteiger partial charge on any atom is 0.243 e. The molecule has 25 heavy (non-hydrogen) atoms. The fourth-order valence-electron chi connectivity index (χ4n) is 2.08. The highest BCUT2D eigenvalue weighted by atomic mass is 35.5. The number of hydrogen-bond donors (Lipinski definition) is 1. The summed E-state index contributed by atoms with van der Waals surface area (Å²) in [6, 6.07) is 9.51. The zero-order valence-electron chi connectivity index (χ0n) is 13.2. The zero-order valence-corrected chi connectivity index (χ0v) is 15.5. The van der Waals surface area contributed by atoms with Gasteiger partial charge in [-0.25, -0.2) is 12.8 Å². The highest BCUT2D eigenvalue weighted by Gasteiger charge is 2.28. The van der Waals surface area contributed by atoms with Gasteiger partial charge >= 0.3 is 0 Å².